The van der Waals surface area contributed by atoms with Gasteiger partial charge >= 0.3 is 0 Å². The quantitative estimate of drug-likeness (QED) is 0.0477. The average Bonchev–Trinajstić information content (AvgIpc) is 1.31. The van der Waals surface area contributed by atoms with Gasteiger partial charge in [0.1, 0.15) is 110 Å². The first kappa shape index (κ1) is 67.1. The van der Waals surface area contributed by atoms with E-state index in [1.807, 2.05) is 20.8 Å². The summed E-state index contributed by atoms with van der Waals surface area (Å²) in [6, 6.07) is 0. The molecule has 0 spiro atoms. The monoisotopic (exact) mass is 1210 g/mol. The van der Waals surface area contributed by atoms with Crippen LogP contribution in [0.3, 0.4) is 0 Å². The molecular weight excluding hydrogens is 1110 g/mol. The van der Waals surface area contributed by atoms with Crippen molar-refractivity contribution in [1.82, 2.24) is 0 Å². The Bertz CT molecular complexity index is 2210. The Labute approximate surface area is 490 Å². The van der Waals surface area contributed by atoms with Crippen molar-refractivity contribution in [3.05, 3.63) is 11.6 Å². The van der Waals surface area contributed by atoms with Crippen LogP contribution in [0.15, 0.2) is 11.6 Å². The highest BCUT2D eigenvalue weighted by Crippen LogP contribution is 2.76. The molecule has 26 heteroatoms. The van der Waals surface area contributed by atoms with E-state index in [0.717, 1.165) is 24.8 Å². The first-order valence-corrected chi connectivity index (χ1v) is 30.2. The van der Waals surface area contributed by atoms with Gasteiger partial charge in [0, 0.05) is 0 Å². The summed E-state index contributed by atoms with van der Waals surface area (Å²) in [5.41, 5.74) is -1.75. The third kappa shape index (κ3) is 11.9. The van der Waals surface area contributed by atoms with Crippen LogP contribution in [0.4, 0.5) is 0 Å². The molecular formula is C58H98O26. The van der Waals surface area contributed by atoms with Crippen LogP contribution >= 0.6 is 0 Å². The van der Waals surface area contributed by atoms with E-state index in [4.69, 9.17) is 47.4 Å². The zero-order chi connectivity index (χ0) is 61.5. The molecule has 4 saturated carbocycles. The minimum Gasteiger partial charge on any atom is -0.394 e. The van der Waals surface area contributed by atoms with E-state index in [1.165, 1.54) is 0 Å². The molecule has 9 fully saturated rings. The lowest BCUT2D eigenvalue weighted by Crippen LogP contribution is -2.68. The van der Waals surface area contributed by atoms with Crippen molar-refractivity contribution in [2.75, 3.05) is 33.0 Å². The van der Waals surface area contributed by atoms with E-state index in [9.17, 15) is 81.7 Å². The minimum absolute atomic E-state index is 0.00396. The second kappa shape index (κ2) is 25.8. The summed E-state index contributed by atoms with van der Waals surface area (Å²) in [5.74, 6) is -0.575. The van der Waals surface area contributed by atoms with Gasteiger partial charge in [-0.1, -0.05) is 46.3 Å². The van der Waals surface area contributed by atoms with E-state index in [2.05, 4.69) is 40.7 Å². The molecule has 0 aromatic heterocycles. The fraction of sp³-hybridized carbons (Fsp3) is 0.966. The smallest absolute Gasteiger partial charge is 0.187 e. The summed E-state index contributed by atoms with van der Waals surface area (Å²) in [6.45, 7) is 14.1. The Morgan fingerprint density at radius 3 is 1.63 bits per heavy atom. The van der Waals surface area contributed by atoms with Crippen LogP contribution in [0.1, 0.15) is 113 Å². The van der Waals surface area contributed by atoms with E-state index >= 15 is 0 Å². The van der Waals surface area contributed by atoms with Gasteiger partial charge in [-0.15, -0.1) is 0 Å². The van der Waals surface area contributed by atoms with Crippen LogP contribution in [0.2, 0.25) is 0 Å². The molecule has 0 radical (unpaired) electrons. The van der Waals surface area contributed by atoms with E-state index < -0.39 is 203 Å². The zero-order valence-corrected chi connectivity index (χ0v) is 49.5. The molecule has 16 N–H and O–H groups in total. The van der Waals surface area contributed by atoms with Gasteiger partial charge in [0.05, 0.1) is 50.8 Å². The predicted octanol–water partition coefficient (Wildman–Crippen LogP) is -3.10. The van der Waals surface area contributed by atoms with Gasteiger partial charge in [-0.05, 0) is 124 Å². The lowest BCUT2D eigenvalue weighted by molar-refractivity contribution is -0.395. The maximum atomic E-state index is 12.9. The van der Waals surface area contributed by atoms with Crippen molar-refractivity contribution in [3.63, 3.8) is 0 Å². The van der Waals surface area contributed by atoms with Crippen LogP contribution < -0.4 is 0 Å². The highest BCUT2D eigenvalue weighted by atomic mass is 16.8. The highest BCUT2D eigenvalue weighted by molar-refractivity contribution is 5.21. The Hall–Kier alpha value is -1.30. The Balaban J connectivity index is 0.935. The van der Waals surface area contributed by atoms with Gasteiger partial charge in [0.2, 0.25) is 0 Å². The van der Waals surface area contributed by atoms with Crippen molar-refractivity contribution in [1.29, 1.82) is 0 Å². The normalized spacial score (nSPS) is 52.9. The Kier molecular flexibility index (Phi) is 20.6. The maximum Gasteiger partial charge on any atom is 0.187 e. The number of allylic oxidation sites excluding steroid dienone is 2. The SMILES string of the molecule is CC(C)=CCCC(C)(O[C@@H]1O[C@H](CO[C@@H]2O[C@@H](CO)[C@@H](O)[C@H]2O)[C@H](O)[C@H](O)[C@H]1O)[C@H]1CC[C@]2(C)[C@H]1[C@H](O)C[C@@H]1[C@@]3(C)CC[C@H](O[C@@H]4O[C@H](CO)[C@@H](O)[C@H](O)[C@@H]4O[C@@H]4O[C@H](CO)[C@@H](O)[C@H](O)[C@@H]4O[C@@H]4OC[C@@H](O)[C@H](O)[C@@H]4O)C(C)(C)[C@H]3CC[C@]12C. The number of ether oxygens (including phenoxy) is 10. The largest absolute Gasteiger partial charge is 0.394 e. The summed E-state index contributed by atoms with van der Waals surface area (Å²) in [5, 5.41) is 174. The number of hydrogen-bond acceptors (Lipinski definition) is 26. The summed E-state index contributed by atoms with van der Waals surface area (Å²) >= 11 is 0. The molecule has 1 unspecified atom stereocenters. The van der Waals surface area contributed by atoms with Crippen molar-refractivity contribution in [2.45, 2.75) is 272 Å². The van der Waals surface area contributed by atoms with Gasteiger partial charge in [-0.3, -0.25) is 0 Å². The average molecular weight is 1210 g/mol. The van der Waals surface area contributed by atoms with Gasteiger partial charge in [0.15, 0.2) is 31.5 Å². The summed E-state index contributed by atoms with van der Waals surface area (Å²) in [4.78, 5) is 0. The molecule has 0 aromatic carbocycles. The van der Waals surface area contributed by atoms with Gasteiger partial charge in [-0.2, -0.15) is 0 Å². The van der Waals surface area contributed by atoms with Gasteiger partial charge in [-0.25, -0.2) is 0 Å². The molecule has 0 aromatic rings. The van der Waals surface area contributed by atoms with E-state index in [1.54, 1.807) is 0 Å². The Morgan fingerprint density at radius 1 is 0.524 bits per heavy atom. The summed E-state index contributed by atoms with van der Waals surface area (Å²) in [7, 11) is 0. The van der Waals surface area contributed by atoms with Crippen LogP contribution in [-0.2, 0) is 47.4 Å². The molecule has 4 aliphatic carbocycles. The van der Waals surface area contributed by atoms with Crippen molar-refractivity contribution >= 4 is 0 Å². The topological polar surface area (TPSA) is 416 Å². The fourth-order valence-electron chi connectivity index (χ4n) is 17.2. The summed E-state index contributed by atoms with van der Waals surface area (Å²) in [6.07, 6.45) is -30.4. The first-order valence-electron chi connectivity index (χ1n) is 30.2. The number of fused-ring (bicyclic) bond motifs is 5. The molecule has 486 valence electrons. The molecule has 9 rings (SSSR count). The van der Waals surface area contributed by atoms with Crippen LogP contribution in [0, 0.1) is 45.3 Å². The second-order valence-electron chi connectivity index (χ2n) is 27.6. The van der Waals surface area contributed by atoms with E-state index in [0.29, 0.717) is 38.5 Å². The van der Waals surface area contributed by atoms with Crippen molar-refractivity contribution in [3.8, 4) is 0 Å². The summed E-state index contributed by atoms with van der Waals surface area (Å²) < 4.78 is 61.0. The van der Waals surface area contributed by atoms with Crippen molar-refractivity contribution < 1.29 is 129 Å². The van der Waals surface area contributed by atoms with E-state index in [-0.39, 0.29) is 34.5 Å². The first-order chi connectivity index (χ1) is 39.4. The molecule has 5 saturated heterocycles. The molecule has 84 heavy (non-hydrogen) atoms. The third-order valence-corrected chi connectivity index (χ3v) is 22.3. The molecule has 9 aliphatic rings. The number of rotatable bonds is 18. The van der Waals surface area contributed by atoms with Gasteiger partial charge in [0.25, 0.3) is 0 Å². The molecule has 0 amide bonds. The lowest BCUT2D eigenvalue weighted by Gasteiger charge is -2.71. The van der Waals surface area contributed by atoms with Crippen molar-refractivity contribution in [2.24, 2.45) is 45.3 Å². The highest BCUT2D eigenvalue weighted by Gasteiger charge is 2.72. The fourth-order valence-corrected chi connectivity index (χ4v) is 17.2. The molecule has 0 bridgehead atoms. The van der Waals surface area contributed by atoms with Crippen LogP contribution in [0.25, 0.3) is 0 Å². The number of aliphatic hydroxyl groups excluding tert-OH is 16. The van der Waals surface area contributed by atoms with Crippen LogP contribution in [0.5, 0.6) is 0 Å². The van der Waals surface area contributed by atoms with Gasteiger partial charge < -0.3 is 129 Å². The standard InChI is InChI=1S/C58H98O26/c1-24(2)10-9-14-58(8,84-51-46(74)41(69)40(68)31(80-51)23-76-49-45(73)39(67)30(21-61)77-49)25-11-16-57(7)35(25)26(62)18-33-55(5)15-13-34(54(3,4)32(55)12-17-56(33,57)6)81-52-47(42(70)37(65)28(19-59)78-52)83-53-48(43(71)38(66)29(20-60)79-53)82-50-44(72)36(64)27(63)22-75-50/h10,25-53,59-74H,9,11-23H2,1-8H3/t25-,26+,27+,28+,29+,30-,31+,32+,33+,34-,35+,36-,37+,38+,39+,40-,41-,42-,43-,44-,45+,46+,47-,48-,49+,50-,51-,52-,53-,55-,56+,57+,58?/m0/s1. The predicted molar refractivity (Wildman–Crippen MR) is 287 cm³/mol. The zero-order valence-electron chi connectivity index (χ0n) is 49.5. The number of hydrogen-bond donors (Lipinski definition) is 16. The lowest BCUT2D eigenvalue weighted by atomic mass is 9.35. The van der Waals surface area contributed by atoms with Crippen LogP contribution in [-0.4, -0.2) is 274 Å². The minimum atomic E-state index is -1.88. The number of aliphatic hydroxyl groups is 16. The molecule has 5 aliphatic heterocycles. The Morgan fingerprint density at radius 2 is 1.04 bits per heavy atom. The third-order valence-electron chi connectivity index (χ3n) is 22.3. The molecule has 5 heterocycles. The maximum absolute atomic E-state index is 12.9. The molecule has 33 atom stereocenters. The second-order valence-corrected chi connectivity index (χ2v) is 27.6. The molecule has 26 nitrogen and oxygen atoms in total.